The van der Waals surface area contributed by atoms with Crippen LogP contribution in [0.5, 0.6) is 0 Å². The van der Waals surface area contributed by atoms with E-state index in [1.54, 1.807) is 60.7 Å². The van der Waals surface area contributed by atoms with E-state index in [0.717, 1.165) is 0 Å². The third kappa shape index (κ3) is 29.2. The second-order valence-corrected chi connectivity index (χ2v) is 19.6. The lowest BCUT2D eigenvalue weighted by atomic mass is 10.0. The summed E-state index contributed by atoms with van der Waals surface area (Å²) in [6, 6.07) is 12.6. The zero-order valence-electron chi connectivity index (χ0n) is 48.5. The molecule has 3 aromatic rings. The van der Waals surface area contributed by atoms with Crippen molar-refractivity contribution < 1.29 is 82.4 Å². The van der Waals surface area contributed by atoms with Crippen LogP contribution in [0, 0.1) is 0 Å². The van der Waals surface area contributed by atoms with Crippen LogP contribution in [0.25, 0.3) is 0 Å². The predicted molar refractivity (Wildman–Crippen MR) is 319 cm³/mol. The molecule has 3 aromatic carbocycles. The van der Waals surface area contributed by atoms with Crippen molar-refractivity contribution in [3.8, 4) is 0 Å². The number of hydrogen-bond donors (Lipinski definition) is 19. The van der Waals surface area contributed by atoms with Crippen molar-refractivity contribution in [2.75, 3.05) is 51.1 Å². The van der Waals surface area contributed by atoms with Crippen molar-refractivity contribution in [3.05, 3.63) is 102 Å². The number of carboxylic acids is 3. The number of aliphatic imine (C=N–C) groups is 2. The number of carbonyl (C=O) groups excluding carboxylic acids is 11. The maximum absolute atomic E-state index is 13.7. The summed E-state index contributed by atoms with van der Waals surface area (Å²) in [6.07, 6.45) is -2.07. The first-order valence-electron chi connectivity index (χ1n) is 27.6. The van der Waals surface area contributed by atoms with Gasteiger partial charge in [0.15, 0.2) is 11.9 Å². The Kier molecular flexibility index (Phi) is 31.4. The van der Waals surface area contributed by atoms with Gasteiger partial charge in [0, 0.05) is 37.2 Å². The van der Waals surface area contributed by atoms with E-state index < -0.39 is 165 Å². The minimum Gasteiger partial charge on any atom is -0.481 e. The molecule has 0 aliphatic heterocycles. The predicted octanol–water partition coefficient (Wildman–Crippen LogP) is -6.80. The average molecular weight is 1260 g/mol. The van der Waals surface area contributed by atoms with E-state index in [-0.39, 0.29) is 74.8 Å². The van der Waals surface area contributed by atoms with Crippen LogP contribution in [0.15, 0.2) is 94.9 Å². The van der Waals surface area contributed by atoms with Crippen LogP contribution in [0.4, 0.5) is 5.69 Å². The van der Waals surface area contributed by atoms with Gasteiger partial charge in [-0.05, 0) is 55.0 Å². The lowest BCUT2D eigenvalue weighted by Crippen LogP contribution is -2.56. The van der Waals surface area contributed by atoms with E-state index in [9.17, 15) is 82.4 Å². The van der Waals surface area contributed by atoms with E-state index in [1.165, 1.54) is 24.3 Å². The minimum atomic E-state index is -1.80. The van der Waals surface area contributed by atoms with Crippen LogP contribution in [-0.4, -0.2) is 192 Å². The summed E-state index contributed by atoms with van der Waals surface area (Å²) < 4.78 is 0. The summed E-state index contributed by atoms with van der Waals surface area (Å²) in [5.41, 5.74) is 27.8. The number of amides is 11. The summed E-state index contributed by atoms with van der Waals surface area (Å²) in [6.45, 7) is -3.43. The standard InChI is InChI=1S/C55H74N18O17/c56-25-40(74)68-34(16-8-18-61-54(57)58)48(84)64-28-43(77)70-37(23-45(79)80)51(87)72-36(20-30-10-3-1-4-11-30)50(86)66-26-41(75)67-33-15-7-14-32(22-33)47(83)63-27-42(76)69-35(17-9-19-62-55(59)60)49(85)65-29-44(78)71-38(24-46(81)82)52(88)73-39(53(89)90)21-31-12-5-2-6-13-31/h1-7,10-15,22,34-39H,8-9,16-21,23-29,56H2,(H,63,83)(H,64,84)(H,65,85)(H,66,86)(H,67,75)(H,68,74)(H,69,76)(H,70,77)(H,71,78)(H,72,87)(H,73,88)(H,79,80)(H,81,82)(H,89,90)(H4,57,58,61)(H4,59,60,62)/t34-,35-,36-,37-,38-,39-/m0/s1. The molecule has 6 atom stereocenters. The fourth-order valence-corrected chi connectivity index (χ4v) is 8.03. The van der Waals surface area contributed by atoms with Gasteiger partial charge in [-0.15, -0.1) is 0 Å². The van der Waals surface area contributed by atoms with E-state index in [1.807, 2.05) is 0 Å². The number of carbonyl (C=O) groups is 14. The molecule has 0 aliphatic rings. The molecule has 0 unspecified atom stereocenters. The van der Waals surface area contributed by atoms with Crippen molar-refractivity contribution in [1.82, 2.24) is 53.2 Å². The molecule has 0 fully saturated rings. The molecule has 0 heterocycles. The van der Waals surface area contributed by atoms with Crippen LogP contribution in [0.1, 0.15) is 60.0 Å². The fourth-order valence-electron chi connectivity index (χ4n) is 8.03. The van der Waals surface area contributed by atoms with Crippen LogP contribution in [-0.2, 0) is 75.2 Å². The van der Waals surface area contributed by atoms with Gasteiger partial charge in [0.2, 0.25) is 59.1 Å². The lowest BCUT2D eigenvalue weighted by molar-refractivity contribution is -0.143. The van der Waals surface area contributed by atoms with E-state index in [2.05, 4.69) is 68.5 Å². The van der Waals surface area contributed by atoms with Gasteiger partial charge in [0.1, 0.15) is 36.3 Å². The van der Waals surface area contributed by atoms with Crippen molar-refractivity contribution in [2.45, 2.75) is 87.6 Å². The Hall–Kier alpha value is -11.3. The average Bonchev–Trinajstić information content (AvgIpc) is 3.68. The molecule has 0 aliphatic carbocycles. The summed E-state index contributed by atoms with van der Waals surface area (Å²) in [5.74, 6) is -15.3. The number of nitrogens with one attached hydrogen (secondary N) is 11. The second kappa shape index (κ2) is 38.7. The highest BCUT2D eigenvalue weighted by Gasteiger charge is 2.32. The molecule has 486 valence electrons. The van der Waals surface area contributed by atoms with Crippen LogP contribution < -0.4 is 87.2 Å². The molecule has 11 amide bonds. The van der Waals surface area contributed by atoms with Gasteiger partial charge in [-0.25, -0.2) is 4.79 Å². The molecule has 90 heavy (non-hydrogen) atoms. The third-order valence-corrected chi connectivity index (χ3v) is 12.3. The van der Waals surface area contributed by atoms with Crippen LogP contribution in [0.2, 0.25) is 0 Å². The molecule has 0 saturated heterocycles. The normalized spacial score (nSPS) is 12.5. The van der Waals surface area contributed by atoms with Crippen LogP contribution >= 0.6 is 0 Å². The minimum absolute atomic E-state index is 0.000291. The maximum Gasteiger partial charge on any atom is 0.326 e. The van der Waals surface area contributed by atoms with Gasteiger partial charge in [-0.2, -0.15) is 0 Å². The molecular formula is C55H74N18O17. The fraction of sp³-hybridized carbons (Fsp3) is 0.382. The van der Waals surface area contributed by atoms with Crippen molar-refractivity contribution in [1.29, 1.82) is 0 Å². The van der Waals surface area contributed by atoms with Gasteiger partial charge in [0.25, 0.3) is 5.91 Å². The highest BCUT2D eigenvalue weighted by Crippen LogP contribution is 2.12. The Labute approximate surface area is 513 Å². The first kappa shape index (κ1) is 73.0. The van der Waals surface area contributed by atoms with Crippen molar-refractivity contribution in [2.24, 2.45) is 38.7 Å². The van der Waals surface area contributed by atoms with Gasteiger partial charge in [-0.1, -0.05) is 66.7 Å². The lowest BCUT2D eigenvalue weighted by Gasteiger charge is -2.23. The largest absolute Gasteiger partial charge is 0.481 e. The topological polar surface area (TPSA) is 587 Å². The number of aliphatic carboxylic acids is 3. The zero-order valence-corrected chi connectivity index (χ0v) is 48.5. The highest BCUT2D eigenvalue weighted by atomic mass is 16.4. The van der Waals surface area contributed by atoms with E-state index in [0.29, 0.717) is 11.1 Å². The third-order valence-electron chi connectivity index (χ3n) is 12.3. The van der Waals surface area contributed by atoms with Gasteiger partial charge in [0.05, 0.1) is 45.6 Å². The molecule has 0 aromatic heterocycles. The Balaban J connectivity index is 1.63. The molecule has 0 spiro atoms. The molecule has 24 N–H and O–H groups in total. The number of anilines is 1. The van der Waals surface area contributed by atoms with Gasteiger partial charge in [-0.3, -0.25) is 72.3 Å². The monoisotopic (exact) mass is 1260 g/mol. The molecular weight excluding hydrogens is 1180 g/mol. The Morgan fingerprint density at radius 2 is 0.822 bits per heavy atom. The van der Waals surface area contributed by atoms with Gasteiger partial charge < -0.3 is 102 Å². The molecule has 35 nitrogen and oxygen atoms in total. The van der Waals surface area contributed by atoms with E-state index in [4.69, 9.17) is 28.7 Å². The first-order chi connectivity index (χ1) is 42.7. The Morgan fingerprint density at radius 3 is 1.26 bits per heavy atom. The summed E-state index contributed by atoms with van der Waals surface area (Å²) >= 11 is 0. The number of guanidine groups is 2. The SMILES string of the molecule is NCC(=O)N[C@@H](CCCN=C(N)N)C(=O)NCC(=O)N[C@@H](CC(=O)O)C(=O)N[C@@H](Cc1ccccc1)C(=O)NCC(=O)Nc1cccc(C(=O)NCC(=O)N[C@@H](CCCN=C(N)N)C(=O)NCC(=O)N[C@@H](CC(=O)O)C(=O)N[C@@H](Cc2ccccc2)C(=O)O)c1. The molecule has 3 rings (SSSR count). The van der Waals surface area contributed by atoms with E-state index >= 15 is 0 Å². The molecule has 0 bridgehead atoms. The number of benzene rings is 3. The summed E-state index contributed by atoms with van der Waals surface area (Å²) in [4.78, 5) is 187. The number of rotatable bonds is 39. The number of carboxylic acid groups (broad SMARTS) is 3. The zero-order chi connectivity index (χ0) is 66.7. The quantitative estimate of drug-likeness (QED) is 0.0143. The molecule has 0 saturated carbocycles. The number of hydrogen-bond acceptors (Lipinski definition) is 17. The first-order valence-corrected chi connectivity index (χ1v) is 27.6. The highest BCUT2D eigenvalue weighted by molar-refractivity contribution is 6.01. The molecule has 35 heteroatoms. The maximum atomic E-state index is 13.7. The number of nitrogens with zero attached hydrogens (tertiary/aromatic N) is 2. The second-order valence-electron chi connectivity index (χ2n) is 19.6. The smallest absolute Gasteiger partial charge is 0.326 e. The van der Waals surface area contributed by atoms with Gasteiger partial charge >= 0.3 is 17.9 Å². The molecule has 0 radical (unpaired) electrons. The number of nitrogens with two attached hydrogens (primary N) is 5. The summed E-state index contributed by atoms with van der Waals surface area (Å²) in [5, 5.41) is 54.4. The Bertz CT molecular complexity index is 3090. The Morgan fingerprint density at radius 1 is 0.422 bits per heavy atom. The summed E-state index contributed by atoms with van der Waals surface area (Å²) in [7, 11) is 0. The van der Waals surface area contributed by atoms with Crippen LogP contribution in [0.3, 0.4) is 0 Å². The van der Waals surface area contributed by atoms with Crippen molar-refractivity contribution >= 4 is 100 Å². The van der Waals surface area contributed by atoms with Crippen molar-refractivity contribution in [3.63, 3.8) is 0 Å².